The molecule has 1 saturated carbocycles. The lowest BCUT2D eigenvalue weighted by atomic mass is 9.84. The molecule has 0 radical (unpaired) electrons. The van der Waals surface area contributed by atoms with Crippen LogP contribution in [0.15, 0.2) is 40.0 Å². The van der Waals surface area contributed by atoms with E-state index in [1.165, 1.54) is 6.26 Å². The van der Waals surface area contributed by atoms with E-state index >= 15 is 0 Å². The zero-order chi connectivity index (χ0) is 20.2. The molecular weight excluding hydrogens is 390 g/mol. The predicted octanol–water partition coefficient (Wildman–Crippen LogP) is 3.17. The lowest BCUT2D eigenvalue weighted by Gasteiger charge is -2.28. The SMILES string of the molecule is O=C1CC(=O)/C(=C/c2ccnc(CC3CCC(NC(=O)c4ccco4)CC3)n2)S1. The van der Waals surface area contributed by atoms with E-state index in [1.54, 1.807) is 30.5 Å². The van der Waals surface area contributed by atoms with Gasteiger partial charge in [-0.05, 0) is 67.6 Å². The molecule has 0 unspecified atom stereocenters. The summed E-state index contributed by atoms with van der Waals surface area (Å²) in [6.45, 7) is 0. The molecule has 2 aromatic heterocycles. The van der Waals surface area contributed by atoms with Gasteiger partial charge in [0.2, 0.25) is 5.12 Å². The molecule has 29 heavy (non-hydrogen) atoms. The molecule has 150 valence electrons. The molecule has 3 heterocycles. The van der Waals surface area contributed by atoms with Crippen LogP contribution >= 0.6 is 11.8 Å². The van der Waals surface area contributed by atoms with Crippen LogP contribution in [0.1, 0.15) is 54.2 Å². The third-order valence-electron chi connectivity index (χ3n) is 5.21. The number of hydrogen-bond donors (Lipinski definition) is 1. The molecule has 1 aliphatic carbocycles. The Balaban J connectivity index is 1.30. The summed E-state index contributed by atoms with van der Waals surface area (Å²) in [6.07, 6.45) is 9.38. The maximum atomic E-state index is 12.1. The zero-order valence-corrected chi connectivity index (χ0v) is 16.6. The van der Waals surface area contributed by atoms with Crippen LogP contribution in [0.5, 0.6) is 0 Å². The number of nitrogens with zero attached hydrogens (tertiary/aromatic N) is 2. The van der Waals surface area contributed by atoms with Gasteiger partial charge in [-0.25, -0.2) is 9.97 Å². The van der Waals surface area contributed by atoms with Gasteiger partial charge in [-0.15, -0.1) is 0 Å². The third kappa shape index (κ3) is 5.00. The van der Waals surface area contributed by atoms with Gasteiger partial charge in [0.1, 0.15) is 5.82 Å². The van der Waals surface area contributed by atoms with E-state index in [-0.39, 0.29) is 29.3 Å². The van der Waals surface area contributed by atoms with Crippen molar-refractivity contribution in [1.29, 1.82) is 0 Å². The molecule has 1 saturated heterocycles. The van der Waals surface area contributed by atoms with E-state index in [1.807, 2.05) is 0 Å². The quantitative estimate of drug-likeness (QED) is 0.595. The number of furan rings is 1. The van der Waals surface area contributed by atoms with Crippen LogP contribution in [0.25, 0.3) is 6.08 Å². The second-order valence-corrected chi connectivity index (χ2v) is 8.45. The van der Waals surface area contributed by atoms with E-state index in [0.717, 1.165) is 49.7 Å². The average Bonchev–Trinajstić information content (AvgIpc) is 3.34. The van der Waals surface area contributed by atoms with Gasteiger partial charge in [-0.1, -0.05) is 0 Å². The smallest absolute Gasteiger partial charge is 0.287 e. The Kier molecular flexibility index (Phi) is 5.89. The summed E-state index contributed by atoms with van der Waals surface area (Å²) in [6, 6.07) is 5.26. The van der Waals surface area contributed by atoms with Gasteiger partial charge in [-0.2, -0.15) is 0 Å². The Morgan fingerprint density at radius 1 is 1.24 bits per heavy atom. The molecule has 0 bridgehead atoms. The Hall–Kier alpha value is -2.74. The van der Waals surface area contributed by atoms with Crippen molar-refractivity contribution in [3.8, 4) is 0 Å². The molecule has 7 nitrogen and oxygen atoms in total. The molecular formula is C21H21N3O4S. The molecule has 1 amide bonds. The largest absolute Gasteiger partial charge is 0.459 e. The zero-order valence-electron chi connectivity index (χ0n) is 15.8. The Labute approximate surface area is 172 Å². The highest BCUT2D eigenvalue weighted by Gasteiger charge is 2.26. The first-order valence-corrected chi connectivity index (χ1v) is 10.5. The van der Waals surface area contributed by atoms with Gasteiger partial charge < -0.3 is 9.73 Å². The van der Waals surface area contributed by atoms with Crippen molar-refractivity contribution in [2.45, 2.75) is 44.6 Å². The maximum Gasteiger partial charge on any atom is 0.287 e. The summed E-state index contributed by atoms with van der Waals surface area (Å²) in [5.74, 6) is 1.23. The van der Waals surface area contributed by atoms with Crippen molar-refractivity contribution in [2.24, 2.45) is 5.92 Å². The minimum Gasteiger partial charge on any atom is -0.459 e. The summed E-state index contributed by atoms with van der Waals surface area (Å²) in [5, 5.41) is 2.91. The lowest BCUT2D eigenvalue weighted by Crippen LogP contribution is -2.37. The number of carbonyl (C=O) groups excluding carboxylic acids is 3. The fraction of sp³-hybridized carbons (Fsp3) is 0.381. The highest BCUT2D eigenvalue weighted by Crippen LogP contribution is 2.30. The van der Waals surface area contributed by atoms with Crippen molar-refractivity contribution in [3.05, 3.63) is 52.8 Å². The number of thioether (sulfide) groups is 1. The monoisotopic (exact) mass is 411 g/mol. The molecule has 4 rings (SSSR count). The predicted molar refractivity (Wildman–Crippen MR) is 108 cm³/mol. The normalized spacial score (nSPS) is 23.5. The van der Waals surface area contributed by atoms with Crippen molar-refractivity contribution < 1.29 is 18.8 Å². The van der Waals surface area contributed by atoms with Crippen LogP contribution in [0, 0.1) is 5.92 Å². The Bertz CT molecular complexity index is 947. The minimum atomic E-state index is -0.166. The number of ketones is 1. The molecule has 0 spiro atoms. The number of carbonyl (C=O) groups is 3. The van der Waals surface area contributed by atoms with Gasteiger partial charge in [0, 0.05) is 18.7 Å². The summed E-state index contributed by atoms with van der Waals surface area (Å²) >= 11 is 0.985. The fourth-order valence-electron chi connectivity index (χ4n) is 3.71. The molecule has 2 aromatic rings. The molecule has 1 N–H and O–H groups in total. The number of hydrogen-bond acceptors (Lipinski definition) is 7. The molecule has 8 heteroatoms. The standard InChI is InChI=1S/C21H21N3O4S/c25-16-12-20(26)29-18(16)11-15-7-8-22-19(23-15)10-13-3-5-14(6-4-13)24-21(27)17-2-1-9-28-17/h1-2,7-9,11,13-14H,3-6,10,12H2,(H,24,27)/b18-11-. The summed E-state index contributed by atoms with van der Waals surface area (Å²) in [4.78, 5) is 44.6. The summed E-state index contributed by atoms with van der Waals surface area (Å²) in [5.41, 5.74) is 0.653. The van der Waals surface area contributed by atoms with E-state index in [0.29, 0.717) is 22.3 Å². The van der Waals surface area contributed by atoms with E-state index in [2.05, 4.69) is 15.3 Å². The average molecular weight is 411 g/mol. The molecule has 2 fully saturated rings. The highest BCUT2D eigenvalue weighted by atomic mass is 32.2. The second-order valence-electron chi connectivity index (χ2n) is 7.35. The van der Waals surface area contributed by atoms with Crippen molar-refractivity contribution >= 4 is 34.6 Å². The van der Waals surface area contributed by atoms with Crippen LogP contribution < -0.4 is 5.32 Å². The number of aromatic nitrogens is 2. The van der Waals surface area contributed by atoms with E-state index < -0.39 is 0 Å². The van der Waals surface area contributed by atoms with Crippen LogP contribution in [0.3, 0.4) is 0 Å². The fourth-order valence-corrected chi connectivity index (χ4v) is 4.52. The van der Waals surface area contributed by atoms with Crippen molar-refractivity contribution in [3.63, 3.8) is 0 Å². The topological polar surface area (TPSA) is 102 Å². The number of amides is 1. The van der Waals surface area contributed by atoms with E-state index in [4.69, 9.17) is 4.42 Å². The van der Waals surface area contributed by atoms with E-state index in [9.17, 15) is 14.4 Å². The lowest BCUT2D eigenvalue weighted by molar-refractivity contribution is -0.119. The minimum absolute atomic E-state index is 0.0336. The van der Waals surface area contributed by atoms with Crippen LogP contribution in [0.4, 0.5) is 0 Å². The van der Waals surface area contributed by atoms with Gasteiger partial charge in [-0.3, -0.25) is 14.4 Å². The molecule has 0 aromatic carbocycles. The van der Waals surface area contributed by atoms with Crippen LogP contribution in [-0.2, 0) is 16.0 Å². The number of nitrogens with one attached hydrogen (secondary N) is 1. The number of rotatable bonds is 5. The first kappa shape index (κ1) is 19.6. The van der Waals surface area contributed by atoms with Crippen molar-refractivity contribution in [2.75, 3.05) is 0 Å². The first-order chi connectivity index (χ1) is 14.1. The molecule has 1 aliphatic heterocycles. The van der Waals surface area contributed by atoms with Crippen LogP contribution in [-0.4, -0.2) is 32.8 Å². The Morgan fingerprint density at radius 3 is 2.76 bits per heavy atom. The third-order valence-corrected chi connectivity index (χ3v) is 6.15. The maximum absolute atomic E-state index is 12.1. The summed E-state index contributed by atoms with van der Waals surface area (Å²) < 4.78 is 5.13. The van der Waals surface area contributed by atoms with Gasteiger partial charge in [0.25, 0.3) is 5.91 Å². The molecule has 2 aliphatic rings. The van der Waals surface area contributed by atoms with Crippen LogP contribution in [0.2, 0.25) is 0 Å². The van der Waals surface area contributed by atoms with Gasteiger partial charge in [0.05, 0.1) is 23.3 Å². The first-order valence-electron chi connectivity index (χ1n) is 9.68. The number of Topliss-reactive ketones (excluding diaryl/α,β-unsaturated/α-hetero) is 1. The van der Waals surface area contributed by atoms with Gasteiger partial charge >= 0.3 is 0 Å². The highest BCUT2D eigenvalue weighted by molar-refractivity contribution is 8.18. The molecule has 0 atom stereocenters. The Morgan fingerprint density at radius 2 is 2.07 bits per heavy atom. The van der Waals surface area contributed by atoms with Crippen molar-refractivity contribution in [1.82, 2.24) is 15.3 Å². The van der Waals surface area contributed by atoms with Gasteiger partial charge in [0.15, 0.2) is 11.5 Å². The second kappa shape index (κ2) is 8.73. The summed E-state index contributed by atoms with van der Waals surface area (Å²) in [7, 11) is 0. The number of allylic oxidation sites excluding steroid dienone is 1.